The smallest absolute Gasteiger partial charge is 0.260 e. The number of carbonyl (C=O) groups is 1. The van der Waals surface area contributed by atoms with E-state index in [0.29, 0.717) is 0 Å². The number of halogens is 2. The van der Waals surface area contributed by atoms with Crippen LogP contribution in [0.3, 0.4) is 0 Å². The van der Waals surface area contributed by atoms with Crippen LogP contribution in [-0.4, -0.2) is 21.2 Å². The van der Waals surface area contributed by atoms with Crippen molar-refractivity contribution >= 4 is 23.3 Å². The molecule has 0 saturated carbocycles. The van der Waals surface area contributed by atoms with Gasteiger partial charge in [0.25, 0.3) is 5.91 Å². The van der Waals surface area contributed by atoms with Crippen LogP contribution in [0.15, 0.2) is 30.3 Å². The minimum Gasteiger partial charge on any atom is -0.507 e. The summed E-state index contributed by atoms with van der Waals surface area (Å²) in [6.45, 7) is 0. The molecule has 92 valence electrons. The maximum Gasteiger partial charge on any atom is 0.260 e. The molecule has 1 heterocycles. The van der Waals surface area contributed by atoms with E-state index in [0.717, 1.165) is 18.2 Å². The molecule has 18 heavy (non-hydrogen) atoms. The average Bonchev–Trinajstić information content (AvgIpc) is 2.35. The predicted octanol–water partition coefficient (Wildman–Crippen LogP) is 2.23. The van der Waals surface area contributed by atoms with Crippen molar-refractivity contribution in [3.8, 4) is 5.75 Å². The summed E-state index contributed by atoms with van der Waals surface area (Å²) in [6, 6.07) is 5.94. The molecule has 0 aliphatic heterocycles. The van der Waals surface area contributed by atoms with E-state index in [2.05, 4.69) is 15.5 Å². The lowest BCUT2D eigenvalue weighted by Crippen LogP contribution is -2.13. The van der Waals surface area contributed by atoms with E-state index in [1.807, 2.05) is 0 Å². The number of aromatic hydroxyl groups is 1. The summed E-state index contributed by atoms with van der Waals surface area (Å²) < 4.78 is 13.0. The molecule has 0 aliphatic rings. The monoisotopic (exact) mass is 267 g/mol. The first kappa shape index (κ1) is 12.3. The van der Waals surface area contributed by atoms with Gasteiger partial charge in [0.1, 0.15) is 11.6 Å². The standard InChI is InChI=1S/C11H7ClFN3O2/c12-9-3-4-10(16-15-9)14-11(18)7-5-6(13)1-2-8(7)17/h1-5,17H,(H,14,16,18). The molecule has 5 nitrogen and oxygen atoms in total. The molecule has 7 heteroatoms. The minimum absolute atomic E-state index is 0.146. The first-order valence-corrected chi connectivity index (χ1v) is 5.23. The van der Waals surface area contributed by atoms with Gasteiger partial charge in [0.15, 0.2) is 11.0 Å². The molecule has 0 atom stereocenters. The number of hydrogen-bond acceptors (Lipinski definition) is 4. The lowest BCUT2D eigenvalue weighted by molar-refractivity contribution is 0.102. The number of benzene rings is 1. The zero-order chi connectivity index (χ0) is 13.1. The van der Waals surface area contributed by atoms with Crippen LogP contribution in [-0.2, 0) is 0 Å². The Hall–Kier alpha value is -2.21. The van der Waals surface area contributed by atoms with Gasteiger partial charge < -0.3 is 10.4 Å². The van der Waals surface area contributed by atoms with Crippen LogP contribution in [0.2, 0.25) is 5.15 Å². The number of carbonyl (C=O) groups excluding carboxylic acids is 1. The van der Waals surface area contributed by atoms with Gasteiger partial charge in [-0.2, -0.15) is 0 Å². The third-order valence-electron chi connectivity index (χ3n) is 2.08. The molecule has 2 N–H and O–H groups in total. The summed E-state index contributed by atoms with van der Waals surface area (Å²) >= 11 is 5.54. The highest BCUT2D eigenvalue weighted by atomic mass is 35.5. The molecule has 0 spiro atoms. The lowest BCUT2D eigenvalue weighted by Gasteiger charge is -2.05. The molecule has 0 fully saturated rings. The molecule has 0 aliphatic carbocycles. The Kier molecular flexibility index (Phi) is 3.38. The van der Waals surface area contributed by atoms with Crippen molar-refractivity contribution in [3.05, 3.63) is 46.9 Å². The Labute approximate surface area is 106 Å². The number of phenols is 1. The predicted molar refractivity (Wildman–Crippen MR) is 63.1 cm³/mol. The van der Waals surface area contributed by atoms with Crippen molar-refractivity contribution in [1.29, 1.82) is 0 Å². The van der Waals surface area contributed by atoms with Crippen molar-refractivity contribution in [2.75, 3.05) is 5.32 Å². The summed E-state index contributed by atoms with van der Waals surface area (Å²) in [4.78, 5) is 11.7. The van der Waals surface area contributed by atoms with Crippen molar-refractivity contribution in [2.24, 2.45) is 0 Å². The largest absolute Gasteiger partial charge is 0.507 e. The van der Waals surface area contributed by atoms with Gasteiger partial charge in [0.05, 0.1) is 5.56 Å². The topological polar surface area (TPSA) is 75.1 Å². The molecular formula is C11H7ClFN3O2. The number of amides is 1. The summed E-state index contributed by atoms with van der Waals surface area (Å²) in [7, 11) is 0. The van der Waals surface area contributed by atoms with Gasteiger partial charge in [-0.25, -0.2) is 4.39 Å². The Balaban J connectivity index is 2.21. The first-order valence-electron chi connectivity index (χ1n) is 4.85. The number of anilines is 1. The highest BCUT2D eigenvalue weighted by molar-refractivity contribution is 6.29. The zero-order valence-electron chi connectivity index (χ0n) is 8.89. The van der Waals surface area contributed by atoms with E-state index in [4.69, 9.17) is 11.6 Å². The van der Waals surface area contributed by atoms with E-state index in [9.17, 15) is 14.3 Å². The van der Waals surface area contributed by atoms with Crippen molar-refractivity contribution < 1.29 is 14.3 Å². The van der Waals surface area contributed by atoms with E-state index in [1.54, 1.807) is 0 Å². The second-order valence-corrected chi connectivity index (χ2v) is 3.74. The van der Waals surface area contributed by atoms with Gasteiger partial charge in [-0.3, -0.25) is 4.79 Å². The van der Waals surface area contributed by atoms with Gasteiger partial charge in [-0.15, -0.1) is 10.2 Å². The molecular weight excluding hydrogens is 261 g/mol. The Morgan fingerprint density at radius 3 is 2.72 bits per heavy atom. The Morgan fingerprint density at radius 2 is 2.06 bits per heavy atom. The van der Waals surface area contributed by atoms with Gasteiger partial charge in [0.2, 0.25) is 0 Å². The first-order chi connectivity index (χ1) is 8.56. The number of nitrogens with one attached hydrogen (secondary N) is 1. The third kappa shape index (κ3) is 2.72. The van der Waals surface area contributed by atoms with Gasteiger partial charge >= 0.3 is 0 Å². The SMILES string of the molecule is O=C(Nc1ccc(Cl)nn1)c1cc(F)ccc1O. The molecule has 0 bridgehead atoms. The molecule has 0 radical (unpaired) electrons. The fourth-order valence-electron chi connectivity index (χ4n) is 1.26. The summed E-state index contributed by atoms with van der Waals surface area (Å²) in [6.07, 6.45) is 0. The summed E-state index contributed by atoms with van der Waals surface area (Å²) in [5.41, 5.74) is -0.188. The molecule has 0 saturated heterocycles. The minimum atomic E-state index is -0.691. The molecule has 1 aromatic heterocycles. The van der Waals surface area contributed by atoms with Crippen LogP contribution in [0, 0.1) is 5.82 Å². The number of phenolic OH excluding ortho intramolecular Hbond substituents is 1. The second kappa shape index (κ2) is 4.97. The van der Waals surface area contributed by atoms with Crippen LogP contribution < -0.4 is 5.32 Å². The highest BCUT2D eigenvalue weighted by Crippen LogP contribution is 2.19. The van der Waals surface area contributed by atoms with Crippen LogP contribution in [0.5, 0.6) is 5.75 Å². The Morgan fingerprint density at radius 1 is 1.28 bits per heavy atom. The molecule has 0 unspecified atom stereocenters. The van der Waals surface area contributed by atoms with Crippen molar-refractivity contribution in [3.63, 3.8) is 0 Å². The average molecular weight is 268 g/mol. The number of nitrogens with zero attached hydrogens (tertiary/aromatic N) is 2. The van der Waals surface area contributed by atoms with Gasteiger partial charge in [0, 0.05) is 0 Å². The molecule has 2 aromatic rings. The quantitative estimate of drug-likeness (QED) is 0.875. The van der Waals surface area contributed by atoms with Crippen LogP contribution >= 0.6 is 11.6 Å². The molecule has 1 aromatic carbocycles. The molecule has 1 amide bonds. The van der Waals surface area contributed by atoms with Gasteiger partial charge in [-0.1, -0.05) is 11.6 Å². The summed E-state index contributed by atoms with van der Waals surface area (Å²) in [5, 5.41) is 19.1. The van der Waals surface area contributed by atoms with Crippen LogP contribution in [0.25, 0.3) is 0 Å². The second-order valence-electron chi connectivity index (χ2n) is 3.36. The number of hydrogen-bond donors (Lipinski definition) is 2. The number of aromatic nitrogens is 2. The maximum absolute atomic E-state index is 13.0. The normalized spacial score (nSPS) is 10.1. The van der Waals surface area contributed by atoms with E-state index >= 15 is 0 Å². The maximum atomic E-state index is 13.0. The van der Waals surface area contributed by atoms with Crippen molar-refractivity contribution in [2.45, 2.75) is 0 Å². The zero-order valence-corrected chi connectivity index (χ0v) is 9.65. The van der Waals surface area contributed by atoms with Crippen molar-refractivity contribution in [1.82, 2.24) is 10.2 Å². The third-order valence-corrected chi connectivity index (χ3v) is 2.28. The molecule has 2 rings (SSSR count). The van der Waals surface area contributed by atoms with Gasteiger partial charge in [-0.05, 0) is 30.3 Å². The van der Waals surface area contributed by atoms with E-state index in [-0.39, 0.29) is 22.3 Å². The number of rotatable bonds is 2. The highest BCUT2D eigenvalue weighted by Gasteiger charge is 2.13. The fraction of sp³-hybridized carbons (Fsp3) is 0. The van der Waals surface area contributed by atoms with E-state index in [1.165, 1.54) is 12.1 Å². The van der Waals surface area contributed by atoms with E-state index < -0.39 is 11.7 Å². The summed E-state index contributed by atoms with van der Waals surface area (Å²) in [5.74, 6) is -1.49. The van der Waals surface area contributed by atoms with Crippen LogP contribution in [0.1, 0.15) is 10.4 Å². The lowest BCUT2D eigenvalue weighted by atomic mass is 10.2. The Bertz CT molecular complexity index is 589. The van der Waals surface area contributed by atoms with Crippen LogP contribution in [0.4, 0.5) is 10.2 Å². The fourth-order valence-corrected chi connectivity index (χ4v) is 1.36.